The van der Waals surface area contributed by atoms with Gasteiger partial charge in [0.05, 0.1) is 18.0 Å². The predicted octanol–water partition coefficient (Wildman–Crippen LogP) is 3.31. The number of hydrogen-bond donors (Lipinski definition) is 0. The number of anilines is 1. The molecule has 1 aliphatic heterocycles. The van der Waals surface area contributed by atoms with Gasteiger partial charge in [-0.2, -0.15) is 14.7 Å². The van der Waals surface area contributed by atoms with E-state index in [4.69, 9.17) is 4.74 Å². The summed E-state index contributed by atoms with van der Waals surface area (Å²) in [5.41, 5.74) is 4.05. The molecule has 1 aliphatic carbocycles. The standard InChI is InChI=1S/C21H26N6O/c1-14-12-21(27-19(22-14)11-15(2)25-27)26-9-7-16(8-10-26)13-28-20-6-5-18(23-24-20)17-3-4-17/h5-6,11-12,16-17H,3-4,7-10,13H2,1-2H3. The first-order chi connectivity index (χ1) is 13.7. The zero-order valence-electron chi connectivity index (χ0n) is 16.5. The minimum Gasteiger partial charge on any atom is -0.476 e. The van der Waals surface area contributed by atoms with E-state index >= 15 is 0 Å². The van der Waals surface area contributed by atoms with Gasteiger partial charge in [0.15, 0.2) is 5.65 Å². The van der Waals surface area contributed by atoms with Crippen molar-refractivity contribution in [2.24, 2.45) is 5.92 Å². The average Bonchev–Trinajstić information content (AvgIpc) is 3.48. The van der Waals surface area contributed by atoms with E-state index in [1.54, 1.807) is 0 Å². The van der Waals surface area contributed by atoms with Crippen LogP contribution in [-0.4, -0.2) is 44.5 Å². The molecule has 0 bridgehead atoms. The molecule has 3 aromatic heterocycles. The van der Waals surface area contributed by atoms with Crippen molar-refractivity contribution in [1.82, 2.24) is 24.8 Å². The Morgan fingerprint density at radius 3 is 2.54 bits per heavy atom. The van der Waals surface area contributed by atoms with E-state index in [0.717, 1.165) is 54.5 Å². The first-order valence-corrected chi connectivity index (χ1v) is 10.2. The molecule has 0 N–H and O–H groups in total. The lowest BCUT2D eigenvalue weighted by Crippen LogP contribution is -2.36. The monoisotopic (exact) mass is 378 g/mol. The fraction of sp³-hybridized carbons (Fsp3) is 0.524. The van der Waals surface area contributed by atoms with Crippen molar-refractivity contribution in [3.63, 3.8) is 0 Å². The summed E-state index contributed by atoms with van der Waals surface area (Å²) >= 11 is 0. The molecule has 0 radical (unpaired) electrons. The third-order valence-corrected chi connectivity index (χ3v) is 5.72. The molecule has 7 heteroatoms. The highest BCUT2D eigenvalue weighted by Crippen LogP contribution is 2.38. The van der Waals surface area contributed by atoms with Crippen molar-refractivity contribution in [3.8, 4) is 5.88 Å². The number of nitrogens with zero attached hydrogens (tertiary/aromatic N) is 6. The summed E-state index contributed by atoms with van der Waals surface area (Å²) in [4.78, 5) is 7.00. The van der Waals surface area contributed by atoms with Crippen LogP contribution in [0.25, 0.3) is 5.65 Å². The zero-order valence-corrected chi connectivity index (χ0v) is 16.5. The molecule has 0 aromatic carbocycles. The lowest BCUT2D eigenvalue weighted by molar-refractivity contribution is 0.214. The number of fused-ring (bicyclic) bond motifs is 1. The molecule has 0 atom stereocenters. The van der Waals surface area contributed by atoms with Gasteiger partial charge in [-0.1, -0.05) is 0 Å². The van der Waals surface area contributed by atoms with Crippen molar-refractivity contribution in [3.05, 3.63) is 41.3 Å². The van der Waals surface area contributed by atoms with E-state index in [2.05, 4.69) is 37.3 Å². The maximum atomic E-state index is 5.91. The van der Waals surface area contributed by atoms with Gasteiger partial charge in [-0.25, -0.2) is 4.98 Å². The van der Waals surface area contributed by atoms with E-state index < -0.39 is 0 Å². The lowest BCUT2D eigenvalue weighted by atomic mass is 9.98. The highest BCUT2D eigenvalue weighted by Gasteiger charge is 2.26. The fourth-order valence-electron chi connectivity index (χ4n) is 3.96. The molecule has 0 amide bonds. The molecular weight excluding hydrogens is 352 g/mol. The normalized spacial score (nSPS) is 18.0. The highest BCUT2D eigenvalue weighted by atomic mass is 16.5. The number of piperidine rings is 1. The first-order valence-electron chi connectivity index (χ1n) is 10.2. The Morgan fingerprint density at radius 2 is 1.82 bits per heavy atom. The summed E-state index contributed by atoms with van der Waals surface area (Å²) < 4.78 is 7.88. The van der Waals surface area contributed by atoms with Crippen molar-refractivity contribution in [1.29, 1.82) is 0 Å². The minimum absolute atomic E-state index is 0.541. The van der Waals surface area contributed by atoms with Gasteiger partial charge in [0, 0.05) is 42.9 Å². The highest BCUT2D eigenvalue weighted by molar-refractivity contribution is 5.52. The van der Waals surface area contributed by atoms with Crippen LogP contribution in [0, 0.1) is 19.8 Å². The summed E-state index contributed by atoms with van der Waals surface area (Å²) in [5, 5.41) is 13.1. The molecular formula is C21H26N6O. The summed E-state index contributed by atoms with van der Waals surface area (Å²) in [5.74, 6) is 2.95. The van der Waals surface area contributed by atoms with Crippen molar-refractivity contribution >= 4 is 11.5 Å². The number of hydrogen-bond acceptors (Lipinski definition) is 6. The van der Waals surface area contributed by atoms with Crippen molar-refractivity contribution in [2.45, 2.75) is 45.4 Å². The Morgan fingerprint density at radius 1 is 1.00 bits per heavy atom. The van der Waals surface area contributed by atoms with Gasteiger partial charge in [0.1, 0.15) is 5.82 Å². The van der Waals surface area contributed by atoms with Gasteiger partial charge in [-0.05, 0) is 51.5 Å². The molecule has 0 unspecified atom stereocenters. The third-order valence-electron chi connectivity index (χ3n) is 5.72. The molecule has 7 nitrogen and oxygen atoms in total. The minimum atomic E-state index is 0.541. The fourth-order valence-corrected chi connectivity index (χ4v) is 3.96. The average molecular weight is 378 g/mol. The second-order valence-electron chi connectivity index (χ2n) is 8.12. The molecule has 2 aliphatic rings. The molecule has 2 fully saturated rings. The number of rotatable bonds is 5. The van der Waals surface area contributed by atoms with Gasteiger partial charge < -0.3 is 9.64 Å². The molecule has 146 valence electrons. The Bertz CT molecular complexity index is 970. The summed E-state index contributed by atoms with van der Waals surface area (Å²) in [6.07, 6.45) is 4.68. The maximum absolute atomic E-state index is 5.91. The third kappa shape index (κ3) is 3.53. The van der Waals surface area contributed by atoms with Crippen LogP contribution in [-0.2, 0) is 0 Å². The largest absolute Gasteiger partial charge is 0.476 e. The van der Waals surface area contributed by atoms with E-state index in [1.165, 1.54) is 12.8 Å². The number of ether oxygens (including phenoxy) is 1. The van der Waals surface area contributed by atoms with Crippen LogP contribution in [0.2, 0.25) is 0 Å². The first kappa shape index (κ1) is 17.4. The zero-order chi connectivity index (χ0) is 19.1. The second-order valence-corrected chi connectivity index (χ2v) is 8.12. The molecule has 1 saturated heterocycles. The number of aryl methyl sites for hydroxylation is 2. The van der Waals surface area contributed by atoms with Gasteiger partial charge in [0.2, 0.25) is 5.88 Å². The van der Waals surface area contributed by atoms with Crippen LogP contribution >= 0.6 is 0 Å². The molecule has 28 heavy (non-hydrogen) atoms. The quantitative estimate of drug-likeness (QED) is 0.678. The topological polar surface area (TPSA) is 68.4 Å². The Balaban J connectivity index is 1.19. The van der Waals surface area contributed by atoms with Crippen LogP contribution < -0.4 is 9.64 Å². The molecule has 0 spiro atoms. The van der Waals surface area contributed by atoms with Crippen molar-refractivity contribution in [2.75, 3.05) is 24.6 Å². The number of aromatic nitrogens is 5. The molecule has 1 saturated carbocycles. The SMILES string of the molecule is Cc1cc(N2CCC(COc3ccc(C4CC4)nn3)CC2)n2nc(C)cc2n1. The molecule has 5 rings (SSSR count). The van der Waals surface area contributed by atoms with Crippen LogP contribution in [0.1, 0.15) is 48.7 Å². The van der Waals surface area contributed by atoms with Gasteiger partial charge in [-0.3, -0.25) is 0 Å². The molecule has 4 heterocycles. The van der Waals surface area contributed by atoms with E-state index in [9.17, 15) is 0 Å². The Kier molecular flexibility index (Phi) is 4.37. The van der Waals surface area contributed by atoms with Gasteiger partial charge in [-0.15, -0.1) is 5.10 Å². The van der Waals surface area contributed by atoms with Gasteiger partial charge in [0.25, 0.3) is 0 Å². The smallest absolute Gasteiger partial charge is 0.233 e. The second kappa shape index (κ2) is 7.04. The summed E-state index contributed by atoms with van der Waals surface area (Å²) in [6, 6.07) is 8.19. The van der Waals surface area contributed by atoms with Gasteiger partial charge >= 0.3 is 0 Å². The molecule has 3 aromatic rings. The van der Waals surface area contributed by atoms with Crippen LogP contribution in [0.5, 0.6) is 5.88 Å². The summed E-state index contributed by atoms with van der Waals surface area (Å²) in [6.45, 7) is 6.76. The van der Waals surface area contributed by atoms with Crippen LogP contribution in [0.4, 0.5) is 5.82 Å². The van der Waals surface area contributed by atoms with E-state index in [-0.39, 0.29) is 0 Å². The summed E-state index contributed by atoms with van der Waals surface area (Å²) in [7, 11) is 0. The predicted molar refractivity (Wildman–Crippen MR) is 107 cm³/mol. The van der Waals surface area contributed by atoms with Crippen LogP contribution in [0.3, 0.4) is 0 Å². The van der Waals surface area contributed by atoms with Crippen LogP contribution in [0.15, 0.2) is 24.3 Å². The Hall–Kier alpha value is -2.70. The van der Waals surface area contributed by atoms with E-state index in [1.807, 2.05) is 30.5 Å². The van der Waals surface area contributed by atoms with Crippen molar-refractivity contribution < 1.29 is 4.74 Å². The van der Waals surface area contributed by atoms with E-state index in [0.29, 0.717) is 24.3 Å². The lowest BCUT2D eigenvalue weighted by Gasteiger charge is -2.33. The Labute approximate surface area is 164 Å². The maximum Gasteiger partial charge on any atom is 0.233 e.